The van der Waals surface area contributed by atoms with E-state index >= 15 is 0 Å². The molecule has 0 unspecified atom stereocenters. The average molecular weight is 222 g/mol. The summed E-state index contributed by atoms with van der Waals surface area (Å²) < 4.78 is 0. The molecule has 0 aliphatic carbocycles. The summed E-state index contributed by atoms with van der Waals surface area (Å²) >= 11 is 0. The van der Waals surface area contributed by atoms with E-state index in [-0.39, 0.29) is 0 Å². The molecule has 0 aliphatic rings. The Hall–Kier alpha value is -1.86. The summed E-state index contributed by atoms with van der Waals surface area (Å²) in [7, 11) is 0. The molecule has 1 N–H and O–H groups in total. The van der Waals surface area contributed by atoms with Crippen LogP contribution in [0.1, 0.15) is 18.6 Å². The fourth-order valence-electron chi connectivity index (χ4n) is 2.28. The molecule has 0 saturated heterocycles. The van der Waals surface area contributed by atoms with E-state index in [4.69, 9.17) is 0 Å². The van der Waals surface area contributed by atoms with Crippen molar-refractivity contribution < 1.29 is 5.11 Å². The van der Waals surface area contributed by atoms with Crippen LogP contribution in [0, 0.1) is 0 Å². The maximum Gasteiger partial charge on any atom is 0.0762 e. The molecule has 0 amide bonds. The van der Waals surface area contributed by atoms with Gasteiger partial charge in [0.2, 0.25) is 0 Å². The fraction of sp³-hybridized carbons (Fsp3) is 0.125. The van der Waals surface area contributed by atoms with Gasteiger partial charge >= 0.3 is 0 Å². The van der Waals surface area contributed by atoms with Gasteiger partial charge in [0.15, 0.2) is 0 Å². The first-order chi connectivity index (χ1) is 8.25. The minimum atomic E-state index is -0.418. The van der Waals surface area contributed by atoms with E-state index in [0.29, 0.717) is 0 Å². The van der Waals surface area contributed by atoms with E-state index in [0.717, 1.165) is 5.56 Å². The third-order valence-electron chi connectivity index (χ3n) is 3.25. The van der Waals surface area contributed by atoms with Crippen molar-refractivity contribution in [2.24, 2.45) is 0 Å². The Morgan fingerprint density at radius 2 is 1.47 bits per heavy atom. The topological polar surface area (TPSA) is 20.2 Å². The molecule has 3 aromatic rings. The third kappa shape index (κ3) is 1.69. The van der Waals surface area contributed by atoms with Gasteiger partial charge in [0.25, 0.3) is 0 Å². The van der Waals surface area contributed by atoms with Gasteiger partial charge in [0, 0.05) is 0 Å². The zero-order chi connectivity index (χ0) is 11.8. The summed E-state index contributed by atoms with van der Waals surface area (Å²) in [6.07, 6.45) is -0.418. The molecule has 0 heterocycles. The number of aliphatic hydroxyl groups is 1. The highest BCUT2D eigenvalue weighted by Gasteiger charge is 2.04. The fourth-order valence-corrected chi connectivity index (χ4v) is 2.28. The molecule has 0 aromatic heterocycles. The summed E-state index contributed by atoms with van der Waals surface area (Å²) in [6.45, 7) is 1.80. The van der Waals surface area contributed by atoms with Gasteiger partial charge in [-0.05, 0) is 40.1 Å². The van der Waals surface area contributed by atoms with Crippen molar-refractivity contribution in [3.05, 3.63) is 60.2 Å². The summed E-state index contributed by atoms with van der Waals surface area (Å²) in [6, 6.07) is 18.8. The van der Waals surface area contributed by atoms with Gasteiger partial charge in [0.05, 0.1) is 6.10 Å². The highest BCUT2D eigenvalue weighted by atomic mass is 16.3. The second-order valence-corrected chi connectivity index (χ2v) is 4.44. The van der Waals surface area contributed by atoms with Crippen LogP contribution in [0.3, 0.4) is 0 Å². The molecular weight excluding hydrogens is 208 g/mol. The molecule has 3 aromatic carbocycles. The van der Waals surface area contributed by atoms with Crippen LogP contribution < -0.4 is 0 Å². The number of aliphatic hydroxyl groups excluding tert-OH is 1. The first-order valence-electron chi connectivity index (χ1n) is 5.85. The largest absolute Gasteiger partial charge is 0.389 e. The highest BCUT2D eigenvalue weighted by Crippen LogP contribution is 2.27. The monoisotopic (exact) mass is 222 g/mol. The Kier molecular flexibility index (Phi) is 2.34. The molecule has 0 fully saturated rings. The Labute approximate surface area is 100 Å². The van der Waals surface area contributed by atoms with Gasteiger partial charge < -0.3 is 5.11 Å². The minimum absolute atomic E-state index is 0.418. The molecule has 3 rings (SSSR count). The zero-order valence-corrected chi connectivity index (χ0v) is 9.72. The minimum Gasteiger partial charge on any atom is -0.389 e. The van der Waals surface area contributed by atoms with Crippen molar-refractivity contribution >= 4 is 21.5 Å². The number of fused-ring (bicyclic) bond motifs is 3. The molecule has 1 atom stereocenters. The lowest BCUT2D eigenvalue weighted by Gasteiger charge is -2.08. The van der Waals surface area contributed by atoms with Crippen molar-refractivity contribution in [3.63, 3.8) is 0 Å². The van der Waals surface area contributed by atoms with Gasteiger partial charge in [-0.2, -0.15) is 0 Å². The van der Waals surface area contributed by atoms with Crippen molar-refractivity contribution in [2.45, 2.75) is 13.0 Å². The van der Waals surface area contributed by atoms with Gasteiger partial charge in [-0.1, -0.05) is 48.5 Å². The lowest BCUT2D eigenvalue weighted by Crippen LogP contribution is -1.90. The second kappa shape index (κ2) is 3.86. The molecule has 17 heavy (non-hydrogen) atoms. The molecule has 0 aliphatic heterocycles. The van der Waals surface area contributed by atoms with Crippen molar-refractivity contribution in [2.75, 3.05) is 0 Å². The van der Waals surface area contributed by atoms with Crippen molar-refractivity contribution in [3.8, 4) is 0 Å². The first kappa shape index (κ1) is 10.3. The van der Waals surface area contributed by atoms with E-state index in [1.807, 2.05) is 12.1 Å². The summed E-state index contributed by atoms with van der Waals surface area (Å²) in [5, 5.41) is 14.6. The molecule has 1 heteroatoms. The molecule has 0 saturated carbocycles. The molecular formula is C16H14O. The summed E-state index contributed by atoms with van der Waals surface area (Å²) in [4.78, 5) is 0. The zero-order valence-electron chi connectivity index (χ0n) is 9.72. The maximum absolute atomic E-state index is 9.66. The van der Waals surface area contributed by atoms with Crippen LogP contribution in [-0.2, 0) is 0 Å². The first-order valence-corrected chi connectivity index (χ1v) is 5.85. The van der Waals surface area contributed by atoms with Crippen molar-refractivity contribution in [1.29, 1.82) is 0 Å². The lowest BCUT2D eigenvalue weighted by atomic mass is 9.99. The molecule has 0 bridgehead atoms. The van der Waals surface area contributed by atoms with Crippen LogP contribution in [0.2, 0.25) is 0 Å². The number of hydrogen-bond donors (Lipinski definition) is 1. The summed E-state index contributed by atoms with van der Waals surface area (Å²) in [5.74, 6) is 0. The molecule has 1 nitrogen and oxygen atoms in total. The van der Waals surface area contributed by atoms with Gasteiger partial charge in [-0.15, -0.1) is 0 Å². The van der Waals surface area contributed by atoms with Crippen LogP contribution in [0.25, 0.3) is 21.5 Å². The third-order valence-corrected chi connectivity index (χ3v) is 3.25. The van der Waals surface area contributed by atoms with Gasteiger partial charge in [-0.25, -0.2) is 0 Å². The second-order valence-electron chi connectivity index (χ2n) is 4.44. The Morgan fingerprint density at radius 3 is 2.24 bits per heavy atom. The Bertz CT molecular complexity index is 683. The lowest BCUT2D eigenvalue weighted by molar-refractivity contribution is 0.199. The predicted molar refractivity (Wildman–Crippen MR) is 72.1 cm³/mol. The maximum atomic E-state index is 9.66. The average Bonchev–Trinajstić information content (AvgIpc) is 2.38. The van der Waals surface area contributed by atoms with Crippen LogP contribution in [-0.4, -0.2) is 5.11 Å². The summed E-state index contributed by atoms with van der Waals surface area (Å²) in [5.41, 5.74) is 0.967. The van der Waals surface area contributed by atoms with Gasteiger partial charge in [0.1, 0.15) is 0 Å². The number of rotatable bonds is 1. The van der Waals surface area contributed by atoms with Crippen LogP contribution in [0.4, 0.5) is 0 Å². The number of hydrogen-bond acceptors (Lipinski definition) is 1. The molecule has 0 spiro atoms. The van der Waals surface area contributed by atoms with E-state index in [2.05, 4.69) is 42.5 Å². The van der Waals surface area contributed by atoms with Crippen LogP contribution in [0.15, 0.2) is 54.6 Å². The number of benzene rings is 3. The van der Waals surface area contributed by atoms with E-state index in [9.17, 15) is 5.11 Å². The molecule has 84 valence electrons. The van der Waals surface area contributed by atoms with Crippen LogP contribution in [0.5, 0.6) is 0 Å². The SMILES string of the molecule is C[C@@H](O)c1ccc2ccc3ccccc3c2c1. The normalized spacial score (nSPS) is 13.1. The van der Waals surface area contributed by atoms with Crippen molar-refractivity contribution in [1.82, 2.24) is 0 Å². The highest BCUT2D eigenvalue weighted by molar-refractivity contribution is 6.07. The van der Waals surface area contributed by atoms with Crippen LogP contribution >= 0.6 is 0 Å². The smallest absolute Gasteiger partial charge is 0.0762 e. The Balaban J connectivity index is 2.42. The van der Waals surface area contributed by atoms with E-state index in [1.54, 1.807) is 6.92 Å². The quantitative estimate of drug-likeness (QED) is 0.616. The Morgan fingerprint density at radius 1 is 0.824 bits per heavy atom. The van der Waals surface area contributed by atoms with Gasteiger partial charge in [-0.3, -0.25) is 0 Å². The van der Waals surface area contributed by atoms with E-state index in [1.165, 1.54) is 21.5 Å². The van der Waals surface area contributed by atoms with E-state index < -0.39 is 6.10 Å². The molecule has 0 radical (unpaired) electrons. The standard InChI is InChI=1S/C16H14O/c1-11(17)14-9-8-13-7-6-12-4-2-3-5-15(12)16(13)10-14/h2-11,17H,1H3/t11-/m1/s1. The predicted octanol–water partition coefficient (Wildman–Crippen LogP) is 4.05.